The van der Waals surface area contributed by atoms with Crippen molar-refractivity contribution in [2.24, 2.45) is 23.3 Å². The summed E-state index contributed by atoms with van der Waals surface area (Å²) in [6.45, 7) is 2.08. The van der Waals surface area contributed by atoms with Gasteiger partial charge in [0.1, 0.15) is 0 Å². The molecule has 10 nitrogen and oxygen atoms in total. The molecule has 2 fully saturated rings. The molecule has 0 saturated heterocycles. The molecular weight excluding hydrogens is 432 g/mol. The number of guanidine groups is 2. The fourth-order valence-electron chi connectivity index (χ4n) is 4.99. The van der Waals surface area contributed by atoms with E-state index in [-0.39, 0.29) is 24.0 Å². The third-order valence-corrected chi connectivity index (χ3v) is 7.12. The normalized spacial score (nSPS) is 17.1. The van der Waals surface area contributed by atoms with Gasteiger partial charge in [0.2, 0.25) is 0 Å². The summed E-state index contributed by atoms with van der Waals surface area (Å²) in [5.74, 6) is 0.572. The number of unbranched alkanes of at least 4 members (excludes halogenated alkanes) is 3. The maximum atomic E-state index is 12.5. The number of carbonyl (C=O) groups is 2. The van der Waals surface area contributed by atoms with Gasteiger partial charge < -0.3 is 22.1 Å². The number of urea groups is 2. The first-order valence-corrected chi connectivity index (χ1v) is 13.2. The van der Waals surface area contributed by atoms with Gasteiger partial charge in [0.15, 0.2) is 11.9 Å². The minimum absolute atomic E-state index is 0.237. The van der Waals surface area contributed by atoms with Crippen LogP contribution in [0.5, 0.6) is 0 Å². The summed E-state index contributed by atoms with van der Waals surface area (Å²) in [4.78, 5) is 27.5. The summed E-state index contributed by atoms with van der Waals surface area (Å²) >= 11 is 0. The van der Waals surface area contributed by atoms with E-state index in [2.05, 4.69) is 10.6 Å². The standard InChI is InChI=1S/C24H46N8O2/c25-21(26)31(23(33)29-17-19-11-5-3-6-12-19)15-9-1-2-10-16-32(22(27)28)24(34)30-18-20-13-7-4-8-14-20/h19-20H,1-18H2,(H3,25,26)(H3,27,28)(H,29,33)(H,30,34). The molecule has 0 aromatic rings. The molecule has 0 spiro atoms. The van der Waals surface area contributed by atoms with Gasteiger partial charge in [0.25, 0.3) is 0 Å². The van der Waals surface area contributed by atoms with Crippen LogP contribution < -0.4 is 22.1 Å². The summed E-state index contributed by atoms with van der Waals surface area (Å²) in [7, 11) is 0. The van der Waals surface area contributed by atoms with Crippen LogP contribution in [0.1, 0.15) is 89.9 Å². The minimum atomic E-state index is -0.296. The van der Waals surface area contributed by atoms with Crippen LogP contribution in [0.25, 0.3) is 0 Å². The van der Waals surface area contributed by atoms with E-state index < -0.39 is 0 Å². The quantitative estimate of drug-likeness (QED) is 0.152. The van der Waals surface area contributed by atoms with Crippen LogP contribution in [0.3, 0.4) is 0 Å². The highest BCUT2D eigenvalue weighted by Crippen LogP contribution is 2.23. The molecule has 0 atom stereocenters. The van der Waals surface area contributed by atoms with Gasteiger partial charge in [0, 0.05) is 26.2 Å². The lowest BCUT2D eigenvalue weighted by Gasteiger charge is -2.25. The van der Waals surface area contributed by atoms with Crippen molar-refractivity contribution in [3.05, 3.63) is 0 Å². The monoisotopic (exact) mass is 478 g/mol. The van der Waals surface area contributed by atoms with E-state index in [9.17, 15) is 9.59 Å². The Morgan fingerprint density at radius 2 is 1.00 bits per heavy atom. The molecule has 0 bridgehead atoms. The Balaban J connectivity index is 1.62. The van der Waals surface area contributed by atoms with E-state index in [1.54, 1.807) is 0 Å². The van der Waals surface area contributed by atoms with Gasteiger partial charge >= 0.3 is 12.1 Å². The third kappa shape index (κ3) is 10.2. The first-order chi connectivity index (χ1) is 16.4. The Labute approximate surface area is 204 Å². The molecule has 0 heterocycles. The second-order valence-corrected chi connectivity index (χ2v) is 9.87. The summed E-state index contributed by atoms with van der Waals surface area (Å²) < 4.78 is 0. The Bertz CT molecular complexity index is 603. The van der Waals surface area contributed by atoms with Crippen molar-refractivity contribution in [3.63, 3.8) is 0 Å². The van der Waals surface area contributed by atoms with Gasteiger partial charge in [-0.05, 0) is 50.4 Å². The number of hydrogen-bond acceptors (Lipinski definition) is 4. The molecular formula is C24H46N8O2. The molecule has 2 rings (SSSR count). The van der Waals surface area contributed by atoms with Gasteiger partial charge in [0.05, 0.1) is 0 Å². The predicted molar refractivity (Wildman–Crippen MR) is 136 cm³/mol. The average Bonchev–Trinajstić information content (AvgIpc) is 2.83. The third-order valence-electron chi connectivity index (χ3n) is 7.12. The maximum absolute atomic E-state index is 12.5. The molecule has 4 amide bonds. The van der Waals surface area contributed by atoms with Crippen molar-refractivity contribution in [2.45, 2.75) is 89.9 Å². The SMILES string of the molecule is N=C(N)N(CCCCCCN(C(=N)N)C(=O)NCC1CCCCC1)C(=O)NCC1CCCCC1. The fourth-order valence-corrected chi connectivity index (χ4v) is 4.99. The van der Waals surface area contributed by atoms with E-state index in [0.29, 0.717) is 50.9 Å². The summed E-state index contributed by atoms with van der Waals surface area (Å²) in [5.41, 5.74) is 11.3. The lowest BCUT2D eigenvalue weighted by Crippen LogP contribution is -2.48. The molecule has 0 aromatic carbocycles. The van der Waals surface area contributed by atoms with E-state index in [1.165, 1.54) is 48.3 Å². The topological polar surface area (TPSA) is 164 Å². The van der Waals surface area contributed by atoms with Crippen molar-refractivity contribution in [3.8, 4) is 0 Å². The molecule has 0 radical (unpaired) electrons. The first kappa shape index (κ1) is 27.7. The lowest BCUT2D eigenvalue weighted by molar-refractivity contribution is 0.212. The number of nitrogens with two attached hydrogens (primary N) is 2. The second kappa shape index (κ2) is 15.4. The Kier molecular flexibility index (Phi) is 12.6. The predicted octanol–water partition coefficient (Wildman–Crippen LogP) is 3.52. The molecule has 2 saturated carbocycles. The number of nitrogens with one attached hydrogen (secondary N) is 4. The fraction of sp³-hybridized carbons (Fsp3) is 0.833. The zero-order valence-electron chi connectivity index (χ0n) is 20.7. The van der Waals surface area contributed by atoms with Crippen LogP contribution in [0.2, 0.25) is 0 Å². The van der Waals surface area contributed by atoms with Crippen LogP contribution >= 0.6 is 0 Å². The van der Waals surface area contributed by atoms with E-state index in [0.717, 1.165) is 38.5 Å². The number of hydrogen-bond donors (Lipinski definition) is 6. The highest BCUT2D eigenvalue weighted by atomic mass is 16.2. The van der Waals surface area contributed by atoms with Crippen LogP contribution in [0.15, 0.2) is 0 Å². The highest BCUT2D eigenvalue weighted by Gasteiger charge is 2.20. The van der Waals surface area contributed by atoms with Gasteiger partial charge in [-0.2, -0.15) is 0 Å². The van der Waals surface area contributed by atoms with Crippen molar-refractivity contribution in [1.82, 2.24) is 20.4 Å². The number of rotatable bonds is 11. The molecule has 2 aliphatic carbocycles. The van der Waals surface area contributed by atoms with Crippen molar-refractivity contribution in [1.29, 1.82) is 10.8 Å². The summed E-state index contributed by atoms with van der Waals surface area (Å²) in [5, 5.41) is 21.4. The van der Waals surface area contributed by atoms with E-state index in [1.807, 2.05) is 0 Å². The summed E-state index contributed by atoms with van der Waals surface area (Å²) in [6, 6.07) is -0.592. The van der Waals surface area contributed by atoms with Gasteiger partial charge in [-0.3, -0.25) is 20.6 Å². The van der Waals surface area contributed by atoms with Crippen LogP contribution in [-0.2, 0) is 0 Å². The van der Waals surface area contributed by atoms with Crippen LogP contribution in [0, 0.1) is 22.7 Å². The molecule has 0 unspecified atom stereocenters. The molecule has 0 aromatic heterocycles. The Morgan fingerprint density at radius 1 is 0.647 bits per heavy atom. The zero-order chi connectivity index (χ0) is 24.8. The van der Waals surface area contributed by atoms with Gasteiger partial charge in [-0.25, -0.2) is 9.59 Å². The molecule has 34 heavy (non-hydrogen) atoms. The summed E-state index contributed by atoms with van der Waals surface area (Å²) in [6.07, 6.45) is 15.1. The zero-order valence-corrected chi connectivity index (χ0v) is 20.7. The smallest absolute Gasteiger partial charge is 0.324 e. The molecule has 2 aliphatic rings. The highest BCUT2D eigenvalue weighted by molar-refractivity contribution is 5.94. The van der Waals surface area contributed by atoms with Crippen molar-refractivity contribution in [2.75, 3.05) is 26.2 Å². The first-order valence-electron chi connectivity index (χ1n) is 13.2. The van der Waals surface area contributed by atoms with Gasteiger partial charge in [-0.15, -0.1) is 0 Å². The maximum Gasteiger partial charge on any atom is 0.324 e. The number of amides is 4. The van der Waals surface area contributed by atoms with Gasteiger partial charge in [-0.1, -0.05) is 51.4 Å². The number of nitrogens with zero attached hydrogens (tertiary/aromatic N) is 2. The van der Waals surface area contributed by atoms with Crippen molar-refractivity contribution >= 4 is 24.0 Å². The van der Waals surface area contributed by atoms with E-state index in [4.69, 9.17) is 22.3 Å². The largest absolute Gasteiger partial charge is 0.370 e. The average molecular weight is 479 g/mol. The van der Waals surface area contributed by atoms with E-state index >= 15 is 0 Å². The molecule has 0 aliphatic heterocycles. The van der Waals surface area contributed by atoms with Crippen LogP contribution in [0.4, 0.5) is 9.59 Å². The Hall–Kier alpha value is -2.52. The molecule has 194 valence electrons. The molecule has 10 heteroatoms. The lowest BCUT2D eigenvalue weighted by atomic mass is 9.89. The number of carbonyl (C=O) groups excluding carboxylic acids is 2. The van der Waals surface area contributed by atoms with Crippen molar-refractivity contribution < 1.29 is 9.59 Å². The molecule has 8 N–H and O–H groups in total. The second-order valence-electron chi connectivity index (χ2n) is 9.87. The minimum Gasteiger partial charge on any atom is -0.370 e. The van der Waals surface area contributed by atoms with Crippen LogP contribution in [-0.4, -0.2) is 60.0 Å². The Morgan fingerprint density at radius 3 is 1.32 bits per heavy atom.